The summed E-state index contributed by atoms with van der Waals surface area (Å²) in [6.07, 6.45) is 0. The normalized spacial score (nSPS) is 11.1. The van der Waals surface area contributed by atoms with E-state index in [9.17, 15) is 17.6 Å². The molecule has 110 valence electrons. The number of aromatic carboxylic acids is 1. The Balaban J connectivity index is 2.41. The Morgan fingerprint density at radius 3 is 2.52 bits per heavy atom. The first-order valence-electron chi connectivity index (χ1n) is 5.92. The minimum atomic E-state index is -3.98. The number of aryl methyl sites for hydroxylation is 1. The quantitative estimate of drug-likeness (QED) is 0.909. The Morgan fingerprint density at radius 2 is 1.90 bits per heavy atom. The molecule has 0 aliphatic rings. The number of halogens is 1. The Bertz CT molecular complexity index is 802. The van der Waals surface area contributed by atoms with Gasteiger partial charge in [0.2, 0.25) is 0 Å². The van der Waals surface area contributed by atoms with Crippen LogP contribution in [0.15, 0.2) is 47.4 Å². The molecule has 0 heterocycles. The number of hydrogen-bond acceptors (Lipinski definition) is 3. The van der Waals surface area contributed by atoms with Crippen LogP contribution in [0.2, 0.25) is 0 Å². The third-order valence-corrected chi connectivity index (χ3v) is 4.12. The smallest absolute Gasteiger partial charge is 0.335 e. The lowest BCUT2D eigenvalue weighted by Crippen LogP contribution is -2.14. The molecule has 21 heavy (non-hydrogen) atoms. The number of carboxylic acid groups (broad SMARTS) is 1. The van der Waals surface area contributed by atoms with Gasteiger partial charge in [-0.25, -0.2) is 17.6 Å². The molecule has 2 N–H and O–H groups in total. The molecule has 7 heteroatoms. The average molecular weight is 309 g/mol. The Morgan fingerprint density at radius 1 is 1.19 bits per heavy atom. The SMILES string of the molecule is Cc1cccc(S(=O)(=O)Nc2cc(C(=O)O)ccc2F)c1. The van der Waals surface area contributed by atoms with Gasteiger partial charge in [0.25, 0.3) is 10.0 Å². The number of carbonyl (C=O) groups is 1. The molecule has 2 rings (SSSR count). The molecule has 0 spiro atoms. The fourth-order valence-corrected chi connectivity index (χ4v) is 2.89. The molecule has 0 atom stereocenters. The van der Waals surface area contributed by atoms with Crippen molar-refractivity contribution in [2.24, 2.45) is 0 Å². The molecule has 2 aromatic rings. The summed E-state index contributed by atoms with van der Waals surface area (Å²) < 4.78 is 40.0. The maximum absolute atomic E-state index is 13.6. The molecule has 0 aliphatic carbocycles. The van der Waals surface area contributed by atoms with Gasteiger partial charge in [0.1, 0.15) is 5.82 Å². The van der Waals surface area contributed by atoms with Crippen LogP contribution in [0, 0.1) is 12.7 Å². The van der Waals surface area contributed by atoms with Gasteiger partial charge in [-0.3, -0.25) is 4.72 Å². The molecule has 0 saturated carbocycles. The molecule has 5 nitrogen and oxygen atoms in total. The summed E-state index contributed by atoms with van der Waals surface area (Å²) in [4.78, 5) is 10.8. The molecular weight excluding hydrogens is 297 g/mol. The number of nitrogens with one attached hydrogen (secondary N) is 1. The summed E-state index contributed by atoms with van der Waals surface area (Å²) in [6, 6.07) is 8.98. The van der Waals surface area contributed by atoms with Crippen molar-refractivity contribution < 1.29 is 22.7 Å². The lowest BCUT2D eigenvalue weighted by molar-refractivity contribution is 0.0697. The zero-order chi connectivity index (χ0) is 15.6. The molecule has 0 aromatic heterocycles. The van der Waals surface area contributed by atoms with Crippen LogP contribution in [0.4, 0.5) is 10.1 Å². The van der Waals surface area contributed by atoms with Gasteiger partial charge in [-0.2, -0.15) is 0 Å². The molecule has 0 fully saturated rings. The summed E-state index contributed by atoms with van der Waals surface area (Å²) in [5, 5.41) is 8.85. The molecule has 0 unspecified atom stereocenters. The van der Waals surface area contributed by atoms with Gasteiger partial charge >= 0.3 is 5.97 Å². The summed E-state index contributed by atoms with van der Waals surface area (Å²) >= 11 is 0. The molecule has 0 aliphatic heterocycles. The number of anilines is 1. The van der Waals surface area contributed by atoms with Gasteiger partial charge in [0.15, 0.2) is 0 Å². The van der Waals surface area contributed by atoms with E-state index >= 15 is 0 Å². The van der Waals surface area contributed by atoms with Gasteiger partial charge < -0.3 is 5.11 Å². The predicted molar refractivity (Wildman–Crippen MR) is 75.3 cm³/mol. The second kappa shape index (κ2) is 5.53. The first-order chi connectivity index (χ1) is 9.79. The van der Waals surface area contributed by atoms with Gasteiger partial charge in [-0.15, -0.1) is 0 Å². The van der Waals surface area contributed by atoms with E-state index in [0.717, 1.165) is 23.8 Å². The van der Waals surface area contributed by atoms with Gasteiger partial charge in [-0.1, -0.05) is 12.1 Å². The minimum Gasteiger partial charge on any atom is -0.478 e. The first kappa shape index (κ1) is 15.0. The third-order valence-electron chi connectivity index (χ3n) is 2.76. The van der Waals surface area contributed by atoms with Crippen molar-refractivity contribution in [3.8, 4) is 0 Å². The summed E-state index contributed by atoms with van der Waals surface area (Å²) in [5.74, 6) is -2.12. The van der Waals surface area contributed by atoms with E-state index < -0.39 is 27.5 Å². The fourth-order valence-electron chi connectivity index (χ4n) is 1.72. The summed E-state index contributed by atoms with van der Waals surface area (Å²) in [5.41, 5.74) is 0.118. The van der Waals surface area contributed by atoms with Crippen molar-refractivity contribution in [2.45, 2.75) is 11.8 Å². The van der Waals surface area contributed by atoms with Crippen molar-refractivity contribution in [3.63, 3.8) is 0 Å². The topological polar surface area (TPSA) is 83.5 Å². The van der Waals surface area contributed by atoms with Crippen LogP contribution in [0.3, 0.4) is 0 Å². The van der Waals surface area contributed by atoms with Crippen LogP contribution < -0.4 is 4.72 Å². The highest BCUT2D eigenvalue weighted by Gasteiger charge is 2.17. The van der Waals surface area contributed by atoms with E-state index in [4.69, 9.17) is 5.11 Å². The van der Waals surface area contributed by atoms with Gasteiger partial charge in [0.05, 0.1) is 16.1 Å². The second-order valence-corrected chi connectivity index (χ2v) is 6.10. The van der Waals surface area contributed by atoms with E-state index in [1.165, 1.54) is 12.1 Å². The lowest BCUT2D eigenvalue weighted by Gasteiger charge is -2.10. The van der Waals surface area contributed by atoms with E-state index in [-0.39, 0.29) is 10.5 Å². The monoisotopic (exact) mass is 309 g/mol. The van der Waals surface area contributed by atoms with Crippen molar-refractivity contribution in [3.05, 3.63) is 59.4 Å². The molecule has 0 radical (unpaired) electrons. The average Bonchev–Trinajstić information content (AvgIpc) is 2.41. The van der Waals surface area contributed by atoms with E-state index in [1.54, 1.807) is 19.1 Å². The fraction of sp³-hybridized carbons (Fsp3) is 0.0714. The van der Waals surface area contributed by atoms with Gasteiger partial charge in [-0.05, 0) is 42.8 Å². The van der Waals surface area contributed by atoms with E-state index in [2.05, 4.69) is 4.72 Å². The van der Waals surface area contributed by atoms with Crippen LogP contribution in [0.1, 0.15) is 15.9 Å². The molecule has 0 bridgehead atoms. The standard InChI is InChI=1S/C14H12FNO4S/c1-9-3-2-4-11(7-9)21(19,20)16-13-8-10(14(17)18)5-6-12(13)15/h2-8,16H,1H3,(H,17,18). The van der Waals surface area contributed by atoms with E-state index in [0.29, 0.717) is 0 Å². The molecule has 2 aromatic carbocycles. The number of hydrogen-bond donors (Lipinski definition) is 2. The Hall–Kier alpha value is -2.41. The van der Waals surface area contributed by atoms with Crippen LogP contribution in [0.25, 0.3) is 0 Å². The van der Waals surface area contributed by atoms with Crippen molar-refractivity contribution >= 4 is 21.7 Å². The number of sulfonamides is 1. The van der Waals surface area contributed by atoms with Crippen molar-refractivity contribution in [2.75, 3.05) is 4.72 Å². The largest absolute Gasteiger partial charge is 0.478 e. The Kier molecular flexibility index (Phi) is 3.95. The summed E-state index contributed by atoms with van der Waals surface area (Å²) in [7, 11) is -3.98. The highest BCUT2D eigenvalue weighted by molar-refractivity contribution is 7.92. The minimum absolute atomic E-state index is 0.0253. The first-order valence-corrected chi connectivity index (χ1v) is 7.40. The van der Waals surface area contributed by atoms with Crippen LogP contribution in [-0.2, 0) is 10.0 Å². The summed E-state index contributed by atoms with van der Waals surface area (Å²) in [6.45, 7) is 1.73. The Labute approximate surface area is 121 Å². The highest BCUT2D eigenvalue weighted by Crippen LogP contribution is 2.21. The lowest BCUT2D eigenvalue weighted by atomic mass is 10.2. The number of rotatable bonds is 4. The molecule has 0 saturated heterocycles. The van der Waals surface area contributed by atoms with Gasteiger partial charge in [0, 0.05) is 0 Å². The van der Waals surface area contributed by atoms with Crippen LogP contribution >= 0.6 is 0 Å². The highest BCUT2D eigenvalue weighted by atomic mass is 32.2. The zero-order valence-corrected chi connectivity index (χ0v) is 11.8. The van der Waals surface area contributed by atoms with Crippen molar-refractivity contribution in [1.82, 2.24) is 0 Å². The van der Waals surface area contributed by atoms with Crippen LogP contribution in [-0.4, -0.2) is 19.5 Å². The molecular formula is C14H12FNO4S. The predicted octanol–water partition coefficient (Wildman–Crippen LogP) is 2.63. The second-order valence-electron chi connectivity index (χ2n) is 4.42. The van der Waals surface area contributed by atoms with Crippen LogP contribution in [0.5, 0.6) is 0 Å². The van der Waals surface area contributed by atoms with E-state index in [1.807, 2.05) is 0 Å². The third kappa shape index (κ3) is 3.38. The number of benzene rings is 2. The molecule has 0 amide bonds. The van der Waals surface area contributed by atoms with Crippen molar-refractivity contribution in [1.29, 1.82) is 0 Å². The number of carboxylic acids is 1. The maximum Gasteiger partial charge on any atom is 0.335 e. The zero-order valence-electron chi connectivity index (χ0n) is 11.0. The maximum atomic E-state index is 13.6.